The van der Waals surface area contributed by atoms with Crippen molar-refractivity contribution in [1.82, 2.24) is 0 Å². The van der Waals surface area contributed by atoms with Gasteiger partial charge in [0, 0.05) is 12.8 Å². The highest BCUT2D eigenvalue weighted by molar-refractivity contribution is 5.70. The minimum atomic E-state index is -0.774. The molecule has 1 fully saturated rings. The summed E-state index contributed by atoms with van der Waals surface area (Å²) in [5, 5.41) is 9.53. The number of aliphatic hydroxyl groups is 1. The average Bonchev–Trinajstić information content (AvgIpc) is 3.78. The van der Waals surface area contributed by atoms with E-state index in [0.29, 0.717) is 25.0 Å². The molecule has 0 aromatic heterocycles. The number of epoxide rings is 1. The van der Waals surface area contributed by atoms with Gasteiger partial charge in [0.05, 0.1) is 18.8 Å². The predicted molar refractivity (Wildman–Crippen MR) is 182 cm³/mol. The fourth-order valence-corrected chi connectivity index (χ4v) is 5.74. The normalized spacial score (nSPS) is 16.8. The van der Waals surface area contributed by atoms with Crippen LogP contribution in [0.1, 0.15) is 187 Å². The molecule has 1 heterocycles. The maximum absolute atomic E-state index is 12.1. The molecule has 6 heteroatoms. The van der Waals surface area contributed by atoms with Crippen molar-refractivity contribution in [3.05, 3.63) is 12.2 Å². The summed E-state index contributed by atoms with van der Waals surface area (Å²) in [4.78, 5) is 24.2. The first-order valence-electron chi connectivity index (χ1n) is 18.9. The molecule has 1 N–H and O–H groups in total. The van der Waals surface area contributed by atoms with E-state index in [0.717, 1.165) is 51.4 Å². The van der Waals surface area contributed by atoms with Crippen molar-refractivity contribution >= 4 is 11.9 Å². The molecule has 1 aliphatic rings. The Morgan fingerprint density at radius 1 is 0.636 bits per heavy atom. The molecule has 44 heavy (non-hydrogen) atoms. The van der Waals surface area contributed by atoms with Crippen LogP contribution in [0.4, 0.5) is 0 Å². The van der Waals surface area contributed by atoms with Gasteiger partial charge in [-0.1, -0.05) is 148 Å². The van der Waals surface area contributed by atoms with Crippen LogP contribution in [-0.2, 0) is 23.8 Å². The standard InChI is InChI=1S/C38H70O6/c1-3-5-7-8-9-10-11-12-13-14-15-20-23-27-31-38(41)43-34(32-39)33-42-37(40)30-26-22-19-17-16-18-21-25-29-36-35(44-36)28-24-6-4-2/h21,25,34-36,39H,3-20,22-24,26-33H2,1-2H3/b25-21-/t34-,35?,36?/m0/s1. The second-order valence-corrected chi connectivity index (χ2v) is 13.0. The number of ether oxygens (including phenoxy) is 3. The summed E-state index contributed by atoms with van der Waals surface area (Å²) >= 11 is 0. The topological polar surface area (TPSA) is 85.4 Å². The highest BCUT2D eigenvalue weighted by atomic mass is 16.6. The Kier molecular flexibility index (Phi) is 27.9. The molecule has 1 aliphatic heterocycles. The second kappa shape index (κ2) is 30.3. The fraction of sp³-hybridized carbons (Fsp3) is 0.895. The van der Waals surface area contributed by atoms with Crippen molar-refractivity contribution < 1.29 is 28.9 Å². The molecule has 0 aliphatic carbocycles. The number of aliphatic hydroxyl groups excluding tert-OH is 1. The Balaban J connectivity index is 1.87. The highest BCUT2D eigenvalue weighted by Crippen LogP contribution is 2.30. The number of carbonyl (C=O) groups excluding carboxylic acids is 2. The SMILES string of the molecule is CCCCCCCCCCCCCCCCC(=O)O[C@@H](CO)COC(=O)CCCCCCC/C=C\CC1OC1CCCCC. The fourth-order valence-electron chi connectivity index (χ4n) is 5.74. The molecular formula is C38H70O6. The molecule has 0 aromatic carbocycles. The summed E-state index contributed by atoms with van der Waals surface area (Å²) in [7, 11) is 0. The monoisotopic (exact) mass is 623 g/mol. The van der Waals surface area contributed by atoms with Gasteiger partial charge in [-0.25, -0.2) is 0 Å². The Morgan fingerprint density at radius 2 is 1.14 bits per heavy atom. The van der Waals surface area contributed by atoms with Crippen molar-refractivity contribution in [3.63, 3.8) is 0 Å². The summed E-state index contributed by atoms with van der Waals surface area (Å²) in [5.41, 5.74) is 0. The molecule has 0 radical (unpaired) electrons. The van der Waals surface area contributed by atoms with E-state index in [9.17, 15) is 14.7 Å². The number of hydrogen-bond donors (Lipinski definition) is 1. The van der Waals surface area contributed by atoms with Crippen LogP contribution in [0.15, 0.2) is 12.2 Å². The van der Waals surface area contributed by atoms with E-state index < -0.39 is 6.10 Å². The van der Waals surface area contributed by atoms with Gasteiger partial charge in [0.15, 0.2) is 6.10 Å². The lowest BCUT2D eigenvalue weighted by molar-refractivity contribution is -0.161. The maximum Gasteiger partial charge on any atom is 0.306 e. The molecule has 2 unspecified atom stereocenters. The van der Waals surface area contributed by atoms with Crippen LogP contribution in [0.25, 0.3) is 0 Å². The minimum absolute atomic E-state index is 0.0719. The lowest BCUT2D eigenvalue weighted by atomic mass is 10.0. The molecule has 0 spiro atoms. The van der Waals surface area contributed by atoms with E-state index in [4.69, 9.17) is 14.2 Å². The van der Waals surface area contributed by atoms with Crippen LogP contribution in [0, 0.1) is 0 Å². The number of rotatable bonds is 33. The Labute approximate surface area is 271 Å². The van der Waals surface area contributed by atoms with Gasteiger partial charge in [-0.3, -0.25) is 9.59 Å². The molecule has 0 aromatic rings. The van der Waals surface area contributed by atoms with E-state index >= 15 is 0 Å². The van der Waals surface area contributed by atoms with E-state index in [2.05, 4.69) is 26.0 Å². The van der Waals surface area contributed by atoms with Gasteiger partial charge in [0.25, 0.3) is 0 Å². The van der Waals surface area contributed by atoms with Crippen molar-refractivity contribution in [3.8, 4) is 0 Å². The van der Waals surface area contributed by atoms with Crippen LogP contribution in [0.2, 0.25) is 0 Å². The Morgan fingerprint density at radius 3 is 1.70 bits per heavy atom. The number of unbranched alkanes of at least 4 members (excludes halogenated alkanes) is 20. The van der Waals surface area contributed by atoms with E-state index in [1.54, 1.807) is 0 Å². The quantitative estimate of drug-likeness (QED) is 0.0339. The summed E-state index contributed by atoms with van der Waals surface area (Å²) in [5.74, 6) is -0.606. The van der Waals surface area contributed by atoms with Crippen molar-refractivity contribution in [2.75, 3.05) is 13.2 Å². The summed E-state index contributed by atoms with van der Waals surface area (Å²) < 4.78 is 16.3. The smallest absolute Gasteiger partial charge is 0.306 e. The van der Waals surface area contributed by atoms with E-state index in [1.165, 1.54) is 109 Å². The van der Waals surface area contributed by atoms with Gasteiger partial charge < -0.3 is 19.3 Å². The van der Waals surface area contributed by atoms with Crippen LogP contribution >= 0.6 is 0 Å². The molecular weight excluding hydrogens is 552 g/mol. The van der Waals surface area contributed by atoms with Crippen LogP contribution in [0.5, 0.6) is 0 Å². The molecule has 1 saturated heterocycles. The lowest BCUT2D eigenvalue weighted by Gasteiger charge is -2.15. The van der Waals surface area contributed by atoms with Gasteiger partial charge in [-0.15, -0.1) is 0 Å². The third kappa shape index (κ3) is 25.9. The highest BCUT2D eigenvalue weighted by Gasteiger charge is 2.36. The lowest BCUT2D eigenvalue weighted by Crippen LogP contribution is -2.28. The molecule has 1 rings (SSSR count). The first-order chi connectivity index (χ1) is 21.6. The maximum atomic E-state index is 12.1. The molecule has 0 amide bonds. The van der Waals surface area contributed by atoms with Gasteiger partial charge in [0.1, 0.15) is 6.61 Å². The first-order valence-corrected chi connectivity index (χ1v) is 18.9. The van der Waals surface area contributed by atoms with Gasteiger partial charge in [-0.2, -0.15) is 0 Å². The van der Waals surface area contributed by atoms with Crippen LogP contribution < -0.4 is 0 Å². The first kappa shape index (κ1) is 40.6. The van der Waals surface area contributed by atoms with Gasteiger partial charge >= 0.3 is 11.9 Å². The molecule has 6 nitrogen and oxygen atoms in total. The molecule has 0 bridgehead atoms. The molecule has 3 atom stereocenters. The zero-order valence-corrected chi connectivity index (χ0v) is 28.9. The number of carbonyl (C=O) groups is 2. The van der Waals surface area contributed by atoms with Crippen LogP contribution in [-0.4, -0.2) is 48.6 Å². The number of esters is 2. The van der Waals surface area contributed by atoms with Crippen molar-refractivity contribution in [2.45, 2.75) is 206 Å². The predicted octanol–water partition coefficient (Wildman–Crippen LogP) is 10.3. The van der Waals surface area contributed by atoms with Gasteiger partial charge in [-0.05, 0) is 38.5 Å². The van der Waals surface area contributed by atoms with Crippen molar-refractivity contribution in [2.24, 2.45) is 0 Å². The van der Waals surface area contributed by atoms with E-state index in [-0.39, 0.29) is 25.2 Å². The zero-order valence-electron chi connectivity index (χ0n) is 28.9. The average molecular weight is 623 g/mol. The summed E-state index contributed by atoms with van der Waals surface area (Å²) in [6.45, 7) is 4.09. The van der Waals surface area contributed by atoms with Gasteiger partial charge in [0.2, 0.25) is 0 Å². The largest absolute Gasteiger partial charge is 0.462 e. The molecule has 0 saturated carbocycles. The Bertz CT molecular complexity index is 693. The molecule has 258 valence electrons. The Hall–Kier alpha value is -1.40. The third-order valence-electron chi connectivity index (χ3n) is 8.73. The van der Waals surface area contributed by atoms with Crippen LogP contribution in [0.3, 0.4) is 0 Å². The van der Waals surface area contributed by atoms with Crippen molar-refractivity contribution in [1.29, 1.82) is 0 Å². The minimum Gasteiger partial charge on any atom is -0.462 e. The summed E-state index contributed by atoms with van der Waals surface area (Å²) in [6, 6.07) is 0. The van der Waals surface area contributed by atoms with E-state index in [1.807, 2.05) is 0 Å². The number of allylic oxidation sites excluding steroid dienone is 1. The number of hydrogen-bond acceptors (Lipinski definition) is 6. The third-order valence-corrected chi connectivity index (χ3v) is 8.73. The summed E-state index contributed by atoms with van der Waals surface area (Å²) in [6.07, 6.45) is 35.8. The second-order valence-electron chi connectivity index (χ2n) is 13.0. The zero-order chi connectivity index (χ0) is 31.9.